The minimum atomic E-state index is 1.18. The van der Waals surface area contributed by atoms with Crippen molar-refractivity contribution in [3.05, 3.63) is 36.5 Å². The molecule has 0 N–H and O–H groups in total. The summed E-state index contributed by atoms with van der Waals surface area (Å²) in [5.41, 5.74) is 0. The van der Waals surface area contributed by atoms with Crippen molar-refractivity contribution in [2.75, 3.05) is 0 Å². The van der Waals surface area contributed by atoms with Gasteiger partial charge < -0.3 is 0 Å². The topological polar surface area (TPSA) is 0 Å². The number of allylic oxidation sites excluding steroid dienone is 6. The third-order valence-electron chi connectivity index (χ3n) is 1.12. The Kier molecular flexibility index (Phi) is 7.58. The van der Waals surface area contributed by atoms with Crippen molar-refractivity contribution in [1.29, 1.82) is 0 Å². The minimum absolute atomic E-state index is 1.18. The Hall–Kier alpha value is -0.780. The lowest BCUT2D eigenvalue weighted by molar-refractivity contribution is 0.959. The van der Waals surface area contributed by atoms with Gasteiger partial charge in [0.2, 0.25) is 0 Å². The Morgan fingerprint density at radius 2 is 1.70 bits per heavy atom. The summed E-state index contributed by atoms with van der Waals surface area (Å²) in [5, 5.41) is 0. The van der Waals surface area contributed by atoms with Crippen LogP contribution in [-0.2, 0) is 0 Å². The first-order valence-electron chi connectivity index (χ1n) is 3.86. The molecule has 10 heavy (non-hydrogen) atoms. The highest BCUT2D eigenvalue weighted by atomic mass is 13.7. The van der Waals surface area contributed by atoms with E-state index in [1.165, 1.54) is 12.8 Å². The highest BCUT2D eigenvalue weighted by Gasteiger charge is 1.67. The van der Waals surface area contributed by atoms with E-state index in [1.54, 1.807) is 0 Å². The van der Waals surface area contributed by atoms with Crippen molar-refractivity contribution >= 4 is 0 Å². The summed E-state index contributed by atoms with van der Waals surface area (Å²) in [5.74, 6) is 0. The molecule has 0 aliphatic rings. The zero-order chi connectivity index (χ0) is 7.66. The Balaban J connectivity index is 3.32. The van der Waals surface area contributed by atoms with Crippen LogP contribution in [-0.4, -0.2) is 0 Å². The van der Waals surface area contributed by atoms with Gasteiger partial charge in [0.25, 0.3) is 0 Å². The molecule has 0 aliphatic carbocycles. The monoisotopic (exact) mass is 136 g/mol. The summed E-state index contributed by atoms with van der Waals surface area (Å²) < 4.78 is 0. The van der Waals surface area contributed by atoms with Gasteiger partial charge in [-0.3, -0.25) is 0 Å². The molecule has 0 aromatic heterocycles. The van der Waals surface area contributed by atoms with E-state index >= 15 is 0 Å². The molecule has 0 saturated heterocycles. The van der Waals surface area contributed by atoms with Crippen LogP contribution < -0.4 is 0 Å². The average Bonchev–Trinajstić information content (AvgIpc) is 1.97. The second kappa shape index (κ2) is 8.22. The van der Waals surface area contributed by atoms with Gasteiger partial charge in [-0.2, -0.15) is 0 Å². The lowest BCUT2D eigenvalue weighted by atomic mass is 10.3. The van der Waals surface area contributed by atoms with Gasteiger partial charge in [-0.1, -0.05) is 49.8 Å². The van der Waals surface area contributed by atoms with Crippen molar-refractivity contribution < 1.29 is 0 Å². The molecule has 0 atom stereocenters. The van der Waals surface area contributed by atoms with E-state index < -0.39 is 0 Å². The van der Waals surface area contributed by atoms with Crippen LogP contribution >= 0.6 is 0 Å². The van der Waals surface area contributed by atoms with Gasteiger partial charge in [0.1, 0.15) is 0 Å². The van der Waals surface area contributed by atoms with Gasteiger partial charge in [0, 0.05) is 0 Å². The molecule has 0 spiro atoms. The van der Waals surface area contributed by atoms with E-state index in [0.29, 0.717) is 0 Å². The maximum Gasteiger partial charge on any atom is -0.0350 e. The Morgan fingerprint density at radius 1 is 1.00 bits per heavy atom. The Bertz CT molecular complexity index is 127. The molecule has 0 saturated carbocycles. The summed E-state index contributed by atoms with van der Waals surface area (Å²) in [7, 11) is 0. The van der Waals surface area contributed by atoms with Crippen LogP contribution in [0.4, 0.5) is 0 Å². The van der Waals surface area contributed by atoms with Crippen LogP contribution in [0.25, 0.3) is 0 Å². The van der Waals surface area contributed by atoms with Gasteiger partial charge in [-0.25, -0.2) is 0 Å². The van der Waals surface area contributed by atoms with Crippen LogP contribution in [0.5, 0.6) is 0 Å². The number of rotatable bonds is 4. The molecule has 0 aromatic carbocycles. The van der Waals surface area contributed by atoms with Crippen molar-refractivity contribution in [1.82, 2.24) is 0 Å². The summed E-state index contributed by atoms with van der Waals surface area (Å²) in [4.78, 5) is 0. The second-order valence-electron chi connectivity index (χ2n) is 2.13. The summed E-state index contributed by atoms with van der Waals surface area (Å²) >= 11 is 0. The van der Waals surface area contributed by atoms with Crippen LogP contribution in [0, 0.1) is 0 Å². The van der Waals surface area contributed by atoms with Crippen LogP contribution in [0.1, 0.15) is 26.7 Å². The van der Waals surface area contributed by atoms with Crippen LogP contribution in [0.2, 0.25) is 0 Å². The van der Waals surface area contributed by atoms with Crippen LogP contribution in [0.15, 0.2) is 36.5 Å². The maximum absolute atomic E-state index is 2.18. The van der Waals surface area contributed by atoms with Gasteiger partial charge in [-0.15, -0.1) is 0 Å². The highest BCUT2D eigenvalue weighted by Crippen LogP contribution is 1.88. The van der Waals surface area contributed by atoms with Crippen molar-refractivity contribution in [3.8, 4) is 0 Å². The summed E-state index contributed by atoms with van der Waals surface area (Å²) in [6.45, 7) is 4.19. The largest absolute Gasteiger partial charge is 0.0877 e. The quantitative estimate of drug-likeness (QED) is 0.519. The number of hydrogen-bond donors (Lipinski definition) is 0. The number of unbranched alkanes of at least 4 members (excludes halogenated alkanes) is 1. The van der Waals surface area contributed by atoms with E-state index in [4.69, 9.17) is 0 Å². The molecule has 0 aliphatic heterocycles. The third-order valence-corrected chi connectivity index (χ3v) is 1.12. The molecule has 0 bridgehead atoms. The first kappa shape index (κ1) is 9.22. The first-order chi connectivity index (χ1) is 4.91. The predicted molar refractivity (Wildman–Crippen MR) is 48.0 cm³/mol. The fourth-order valence-electron chi connectivity index (χ4n) is 0.581. The van der Waals surface area contributed by atoms with Gasteiger partial charge in [-0.05, 0) is 13.3 Å². The summed E-state index contributed by atoms with van der Waals surface area (Å²) in [6.07, 6.45) is 14.8. The van der Waals surface area contributed by atoms with E-state index in [1.807, 2.05) is 25.2 Å². The normalized spacial score (nSPS) is 12.6. The number of hydrogen-bond acceptors (Lipinski definition) is 0. The fraction of sp³-hybridized carbons (Fsp3) is 0.400. The lowest BCUT2D eigenvalue weighted by Crippen LogP contribution is -1.58. The van der Waals surface area contributed by atoms with Gasteiger partial charge in [0.05, 0.1) is 0 Å². The Morgan fingerprint density at radius 3 is 2.30 bits per heavy atom. The molecule has 0 nitrogen and oxygen atoms in total. The van der Waals surface area contributed by atoms with E-state index in [0.717, 1.165) is 0 Å². The molecule has 56 valence electrons. The zero-order valence-electron chi connectivity index (χ0n) is 6.88. The van der Waals surface area contributed by atoms with Crippen molar-refractivity contribution in [2.24, 2.45) is 0 Å². The van der Waals surface area contributed by atoms with E-state index in [2.05, 4.69) is 25.2 Å². The lowest BCUT2D eigenvalue weighted by Gasteiger charge is -1.78. The SMILES string of the molecule is C/C=C/C=C/C=C\CCC. The van der Waals surface area contributed by atoms with Crippen LogP contribution in [0.3, 0.4) is 0 Å². The summed E-state index contributed by atoms with van der Waals surface area (Å²) in [6, 6.07) is 0. The van der Waals surface area contributed by atoms with Gasteiger partial charge in [0.15, 0.2) is 0 Å². The molecule has 0 heteroatoms. The maximum atomic E-state index is 2.18. The molecule has 0 rings (SSSR count). The van der Waals surface area contributed by atoms with Crippen molar-refractivity contribution in [3.63, 3.8) is 0 Å². The highest BCUT2D eigenvalue weighted by molar-refractivity contribution is 5.10. The predicted octanol–water partition coefficient (Wildman–Crippen LogP) is 3.48. The molecule has 0 aromatic rings. The molecule has 0 fully saturated rings. The van der Waals surface area contributed by atoms with E-state index in [9.17, 15) is 0 Å². The molecule has 0 heterocycles. The zero-order valence-corrected chi connectivity index (χ0v) is 6.88. The second-order valence-corrected chi connectivity index (χ2v) is 2.13. The third kappa shape index (κ3) is 7.22. The van der Waals surface area contributed by atoms with Gasteiger partial charge >= 0.3 is 0 Å². The molecular formula is C10H16. The average molecular weight is 136 g/mol. The standard InChI is InChI=1S/C10H16/c1-3-5-7-9-10-8-6-4-2/h3,5,7-10H,4,6H2,1-2H3/b5-3+,9-7+,10-8-. The Labute approximate surface area is 64.0 Å². The molecular weight excluding hydrogens is 120 g/mol. The molecule has 0 unspecified atom stereocenters. The van der Waals surface area contributed by atoms with E-state index in [-0.39, 0.29) is 0 Å². The first-order valence-corrected chi connectivity index (χ1v) is 3.86. The smallest absolute Gasteiger partial charge is 0.0350 e. The van der Waals surface area contributed by atoms with Crippen molar-refractivity contribution in [2.45, 2.75) is 26.7 Å². The minimum Gasteiger partial charge on any atom is -0.0877 e. The molecule has 0 radical (unpaired) electrons. The fourth-order valence-corrected chi connectivity index (χ4v) is 0.581. The molecule has 0 amide bonds.